The number of piperidine rings is 1. The number of rotatable bonds is 2. The Hall–Kier alpha value is -0.610. The van der Waals surface area contributed by atoms with Crippen LogP contribution in [0.2, 0.25) is 0 Å². The number of likely N-dealkylation sites (tertiary alicyclic amines) is 1. The van der Waals surface area contributed by atoms with Crippen molar-refractivity contribution in [3.05, 3.63) is 0 Å². The molecule has 1 aliphatic heterocycles. The lowest BCUT2D eigenvalue weighted by atomic mass is 9.77. The third-order valence-electron chi connectivity index (χ3n) is 5.11. The number of nitrogens with zero attached hydrogens (tertiary/aromatic N) is 2. The molecule has 0 aromatic carbocycles. The minimum atomic E-state index is 0.199. The van der Waals surface area contributed by atoms with Crippen molar-refractivity contribution in [2.45, 2.75) is 51.1 Å². The number of nitrogens with two attached hydrogens (primary N) is 1. The van der Waals surface area contributed by atoms with E-state index in [1.54, 1.807) is 0 Å². The Labute approximate surface area is 117 Å². The zero-order chi connectivity index (χ0) is 14.0. The average Bonchev–Trinajstić information content (AvgIpc) is 2.38. The molecule has 4 nitrogen and oxygen atoms in total. The molecule has 2 aliphatic rings. The van der Waals surface area contributed by atoms with Crippen molar-refractivity contribution >= 4 is 5.91 Å². The minimum absolute atomic E-state index is 0.199. The van der Waals surface area contributed by atoms with Gasteiger partial charge in [0, 0.05) is 25.0 Å². The fourth-order valence-electron chi connectivity index (χ4n) is 3.63. The maximum Gasteiger partial charge on any atom is 0.225 e. The van der Waals surface area contributed by atoms with E-state index in [0.717, 1.165) is 45.2 Å². The molecule has 3 atom stereocenters. The molecule has 0 bridgehead atoms. The fourth-order valence-corrected chi connectivity index (χ4v) is 3.63. The van der Waals surface area contributed by atoms with Gasteiger partial charge in [0.2, 0.25) is 5.91 Å². The lowest BCUT2D eigenvalue weighted by Gasteiger charge is -2.39. The van der Waals surface area contributed by atoms with E-state index in [9.17, 15) is 4.79 Å². The molecule has 0 aromatic heterocycles. The fraction of sp³-hybridized carbons (Fsp3) is 0.933. The van der Waals surface area contributed by atoms with Crippen molar-refractivity contribution in [1.29, 1.82) is 0 Å². The maximum atomic E-state index is 12.7. The summed E-state index contributed by atoms with van der Waals surface area (Å²) >= 11 is 0. The van der Waals surface area contributed by atoms with Crippen molar-refractivity contribution in [2.24, 2.45) is 17.6 Å². The van der Waals surface area contributed by atoms with E-state index in [1.165, 1.54) is 0 Å². The van der Waals surface area contributed by atoms with Crippen molar-refractivity contribution < 1.29 is 4.79 Å². The molecule has 1 amide bonds. The first kappa shape index (κ1) is 14.8. The van der Waals surface area contributed by atoms with Gasteiger partial charge in [0.1, 0.15) is 0 Å². The molecule has 0 spiro atoms. The van der Waals surface area contributed by atoms with E-state index in [4.69, 9.17) is 5.73 Å². The van der Waals surface area contributed by atoms with Gasteiger partial charge in [0.15, 0.2) is 0 Å². The zero-order valence-electron chi connectivity index (χ0n) is 12.6. The van der Waals surface area contributed by atoms with Gasteiger partial charge in [0.05, 0.1) is 0 Å². The highest BCUT2D eigenvalue weighted by Crippen LogP contribution is 2.31. The molecule has 0 radical (unpaired) electrons. The minimum Gasteiger partial charge on any atom is -0.342 e. The monoisotopic (exact) mass is 267 g/mol. The smallest absolute Gasteiger partial charge is 0.225 e. The summed E-state index contributed by atoms with van der Waals surface area (Å²) in [6.45, 7) is 4.39. The van der Waals surface area contributed by atoms with Crippen LogP contribution in [0.4, 0.5) is 0 Å². The normalized spacial score (nSPS) is 34.2. The van der Waals surface area contributed by atoms with Gasteiger partial charge in [0.25, 0.3) is 0 Å². The van der Waals surface area contributed by atoms with Crippen LogP contribution in [0.25, 0.3) is 0 Å². The summed E-state index contributed by atoms with van der Waals surface area (Å²) < 4.78 is 0. The van der Waals surface area contributed by atoms with Crippen LogP contribution in [0.1, 0.15) is 39.0 Å². The second-order valence-electron chi connectivity index (χ2n) is 6.64. The predicted molar refractivity (Wildman–Crippen MR) is 77.8 cm³/mol. The molecule has 2 fully saturated rings. The van der Waals surface area contributed by atoms with Crippen molar-refractivity contribution in [3.8, 4) is 0 Å². The number of amides is 1. The molecule has 110 valence electrons. The van der Waals surface area contributed by atoms with E-state index in [0.29, 0.717) is 23.9 Å². The van der Waals surface area contributed by atoms with E-state index in [2.05, 4.69) is 18.9 Å². The highest BCUT2D eigenvalue weighted by molar-refractivity contribution is 5.79. The molecule has 1 saturated heterocycles. The lowest BCUT2D eigenvalue weighted by molar-refractivity contribution is -0.140. The Morgan fingerprint density at radius 1 is 1.21 bits per heavy atom. The molecule has 1 aliphatic carbocycles. The molecular formula is C15H29N3O. The van der Waals surface area contributed by atoms with Crippen LogP contribution >= 0.6 is 0 Å². The summed E-state index contributed by atoms with van der Waals surface area (Å²) in [5.41, 5.74) is 5.99. The van der Waals surface area contributed by atoms with Crippen LogP contribution < -0.4 is 5.73 Å². The Morgan fingerprint density at radius 2 is 1.84 bits per heavy atom. The van der Waals surface area contributed by atoms with E-state index in [-0.39, 0.29) is 5.92 Å². The van der Waals surface area contributed by atoms with Gasteiger partial charge in [-0.3, -0.25) is 4.79 Å². The second kappa shape index (κ2) is 6.23. The summed E-state index contributed by atoms with van der Waals surface area (Å²) in [5, 5.41) is 0. The summed E-state index contributed by atoms with van der Waals surface area (Å²) in [4.78, 5) is 17.0. The number of carbonyl (C=O) groups excluding carboxylic acids is 1. The van der Waals surface area contributed by atoms with E-state index < -0.39 is 0 Å². The van der Waals surface area contributed by atoms with Gasteiger partial charge in [-0.2, -0.15) is 0 Å². The Balaban J connectivity index is 1.91. The predicted octanol–water partition coefficient (Wildman–Crippen LogP) is 1.30. The maximum absolute atomic E-state index is 12.7. The van der Waals surface area contributed by atoms with Crippen molar-refractivity contribution in [3.63, 3.8) is 0 Å². The van der Waals surface area contributed by atoms with E-state index in [1.807, 2.05) is 11.9 Å². The Bertz CT molecular complexity index is 313. The van der Waals surface area contributed by atoms with Crippen LogP contribution in [-0.4, -0.2) is 55.0 Å². The average molecular weight is 267 g/mol. The lowest BCUT2D eigenvalue weighted by Crippen LogP contribution is -2.48. The van der Waals surface area contributed by atoms with Crippen LogP contribution in [0.3, 0.4) is 0 Å². The van der Waals surface area contributed by atoms with Crippen LogP contribution in [-0.2, 0) is 4.79 Å². The molecule has 1 saturated carbocycles. The molecule has 2 rings (SSSR count). The van der Waals surface area contributed by atoms with Gasteiger partial charge in [-0.25, -0.2) is 0 Å². The highest BCUT2D eigenvalue weighted by Gasteiger charge is 2.35. The summed E-state index contributed by atoms with van der Waals surface area (Å²) in [6.07, 6.45) is 5.19. The third kappa shape index (κ3) is 3.48. The summed E-state index contributed by atoms with van der Waals surface area (Å²) in [5.74, 6) is 0.989. The van der Waals surface area contributed by atoms with Crippen LogP contribution in [0, 0.1) is 11.8 Å². The van der Waals surface area contributed by atoms with Crippen LogP contribution in [0.15, 0.2) is 0 Å². The molecular weight excluding hydrogens is 238 g/mol. The third-order valence-corrected chi connectivity index (χ3v) is 5.11. The Kier molecular flexibility index (Phi) is 4.85. The van der Waals surface area contributed by atoms with Crippen molar-refractivity contribution in [1.82, 2.24) is 9.80 Å². The van der Waals surface area contributed by atoms with Gasteiger partial charge in [-0.05, 0) is 58.2 Å². The van der Waals surface area contributed by atoms with E-state index >= 15 is 0 Å². The van der Waals surface area contributed by atoms with Crippen LogP contribution in [0.5, 0.6) is 0 Å². The van der Waals surface area contributed by atoms with Crippen molar-refractivity contribution in [2.75, 3.05) is 27.2 Å². The van der Waals surface area contributed by atoms with Gasteiger partial charge < -0.3 is 15.5 Å². The molecule has 1 heterocycles. The molecule has 3 unspecified atom stereocenters. The first-order valence-electron chi connectivity index (χ1n) is 7.69. The molecule has 0 aromatic rings. The quantitative estimate of drug-likeness (QED) is 0.820. The van der Waals surface area contributed by atoms with Gasteiger partial charge in [-0.1, -0.05) is 6.92 Å². The summed E-state index contributed by atoms with van der Waals surface area (Å²) in [6, 6.07) is 0.735. The number of carbonyl (C=O) groups is 1. The molecule has 4 heteroatoms. The molecule has 19 heavy (non-hydrogen) atoms. The summed E-state index contributed by atoms with van der Waals surface area (Å²) in [7, 11) is 4.15. The first-order valence-corrected chi connectivity index (χ1v) is 7.69. The van der Waals surface area contributed by atoms with Gasteiger partial charge >= 0.3 is 0 Å². The molecule has 2 N–H and O–H groups in total. The zero-order valence-corrected chi connectivity index (χ0v) is 12.6. The standard InChI is InChI=1S/C15H29N3O/c1-11-10-12(16)4-5-14(11)15(19)18(3)13-6-8-17(2)9-7-13/h11-14H,4-10,16H2,1-3H3. The second-order valence-corrected chi connectivity index (χ2v) is 6.64. The number of hydrogen-bond acceptors (Lipinski definition) is 3. The SMILES string of the molecule is CC1CC(N)CCC1C(=O)N(C)C1CCN(C)CC1. The highest BCUT2D eigenvalue weighted by atomic mass is 16.2. The largest absolute Gasteiger partial charge is 0.342 e. The Morgan fingerprint density at radius 3 is 2.42 bits per heavy atom. The number of hydrogen-bond donors (Lipinski definition) is 1. The topological polar surface area (TPSA) is 49.6 Å². The first-order chi connectivity index (χ1) is 8.99. The van der Waals surface area contributed by atoms with Gasteiger partial charge in [-0.15, -0.1) is 0 Å².